The first-order valence-corrected chi connectivity index (χ1v) is 8.24. The fourth-order valence-electron chi connectivity index (χ4n) is 2.32. The van der Waals surface area contributed by atoms with E-state index in [2.05, 4.69) is 10.2 Å². The third kappa shape index (κ3) is 5.38. The summed E-state index contributed by atoms with van der Waals surface area (Å²) in [7, 11) is 0. The number of esters is 1. The molecule has 0 spiro atoms. The maximum atomic E-state index is 12.2. The maximum absolute atomic E-state index is 12.2. The summed E-state index contributed by atoms with van der Waals surface area (Å²) in [4.78, 5) is 37.7. The normalized spacial score (nSPS) is 17.3. The highest BCUT2D eigenvalue weighted by Crippen LogP contribution is 2.21. The quantitative estimate of drug-likeness (QED) is 0.592. The predicted octanol–water partition coefficient (Wildman–Crippen LogP) is 2.26. The van der Waals surface area contributed by atoms with Gasteiger partial charge in [0.2, 0.25) is 5.78 Å². The molecule has 25 heavy (non-hydrogen) atoms. The molecule has 1 amide bonds. The van der Waals surface area contributed by atoms with Crippen LogP contribution in [0.5, 0.6) is 0 Å². The standard InChI is InChI=1S/C16H20ClN3O5/c1-16(2,3)25-15(23)20-8-4-5-11(20)14(22)24-9-12(21)10-6-7-13(17)19-18-10/h6-7,11H,4-5,8-9H2,1-3H3/t11-/m0/s1. The number of Topliss-reactive ketones (excluding diaryl/α,β-unsaturated/α-hetero) is 1. The number of hydrogen-bond acceptors (Lipinski definition) is 7. The molecule has 2 heterocycles. The van der Waals surface area contributed by atoms with Crippen molar-refractivity contribution in [3.05, 3.63) is 23.0 Å². The average Bonchev–Trinajstić information content (AvgIpc) is 3.01. The molecule has 0 saturated carbocycles. The Morgan fingerprint density at radius 2 is 2.00 bits per heavy atom. The van der Waals surface area contributed by atoms with Crippen molar-refractivity contribution in [1.29, 1.82) is 0 Å². The second kappa shape index (κ2) is 7.77. The van der Waals surface area contributed by atoms with E-state index in [1.165, 1.54) is 17.0 Å². The molecule has 136 valence electrons. The van der Waals surface area contributed by atoms with Crippen LogP contribution in [0.25, 0.3) is 0 Å². The van der Waals surface area contributed by atoms with Gasteiger partial charge in [-0.25, -0.2) is 9.59 Å². The highest BCUT2D eigenvalue weighted by molar-refractivity contribution is 6.29. The Morgan fingerprint density at radius 3 is 2.60 bits per heavy atom. The molecule has 1 aromatic heterocycles. The number of carbonyl (C=O) groups is 3. The molecule has 9 heteroatoms. The average molecular weight is 370 g/mol. The van der Waals surface area contributed by atoms with Crippen molar-refractivity contribution in [1.82, 2.24) is 15.1 Å². The van der Waals surface area contributed by atoms with Crippen molar-refractivity contribution in [2.75, 3.05) is 13.2 Å². The molecule has 8 nitrogen and oxygen atoms in total. The van der Waals surface area contributed by atoms with Crippen LogP contribution >= 0.6 is 11.6 Å². The van der Waals surface area contributed by atoms with Gasteiger partial charge in [-0.05, 0) is 45.7 Å². The van der Waals surface area contributed by atoms with Crippen LogP contribution < -0.4 is 0 Å². The number of nitrogens with zero attached hydrogens (tertiary/aromatic N) is 3. The van der Waals surface area contributed by atoms with Crippen molar-refractivity contribution >= 4 is 29.4 Å². The second-order valence-corrected chi connectivity index (χ2v) is 6.99. The van der Waals surface area contributed by atoms with Crippen LogP contribution in [0.4, 0.5) is 4.79 Å². The summed E-state index contributed by atoms with van der Waals surface area (Å²) >= 11 is 5.60. The van der Waals surface area contributed by atoms with Gasteiger partial charge in [0.05, 0.1) is 0 Å². The molecule has 0 N–H and O–H groups in total. The zero-order valence-electron chi connectivity index (χ0n) is 14.3. The van der Waals surface area contributed by atoms with Gasteiger partial charge in [0, 0.05) is 6.54 Å². The molecule has 1 saturated heterocycles. The van der Waals surface area contributed by atoms with E-state index in [0.717, 1.165) is 0 Å². The van der Waals surface area contributed by atoms with Gasteiger partial charge in [-0.1, -0.05) is 11.6 Å². The lowest BCUT2D eigenvalue weighted by Gasteiger charge is -2.27. The van der Waals surface area contributed by atoms with E-state index in [-0.39, 0.29) is 10.8 Å². The number of halogens is 1. The van der Waals surface area contributed by atoms with Crippen molar-refractivity contribution in [3.8, 4) is 0 Å². The molecule has 1 aliphatic heterocycles. The van der Waals surface area contributed by atoms with Crippen LogP contribution in [0.15, 0.2) is 12.1 Å². The Balaban J connectivity index is 1.92. The molecule has 1 aliphatic rings. The van der Waals surface area contributed by atoms with Gasteiger partial charge in [-0.3, -0.25) is 9.69 Å². The van der Waals surface area contributed by atoms with Crippen molar-refractivity contribution < 1.29 is 23.9 Å². The minimum atomic E-state index is -0.751. The van der Waals surface area contributed by atoms with Crippen molar-refractivity contribution in [3.63, 3.8) is 0 Å². The zero-order valence-corrected chi connectivity index (χ0v) is 15.1. The summed E-state index contributed by atoms with van der Waals surface area (Å²) in [6, 6.07) is 2.07. The van der Waals surface area contributed by atoms with Crippen molar-refractivity contribution in [2.24, 2.45) is 0 Å². The van der Waals surface area contributed by atoms with Gasteiger partial charge < -0.3 is 9.47 Å². The summed E-state index contributed by atoms with van der Waals surface area (Å²) in [5.74, 6) is -1.14. The van der Waals surface area contributed by atoms with Crippen LogP contribution in [-0.4, -0.2) is 57.7 Å². The molecule has 0 unspecified atom stereocenters. The molecule has 0 aliphatic carbocycles. The van der Waals surface area contributed by atoms with E-state index >= 15 is 0 Å². The number of ketones is 1. The van der Waals surface area contributed by atoms with E-state index in [1.54, 1.807) is 20.8 Å². The smallest absolute Gasteiger partial charge is 0.411 e. The van der Waals surface area contributed by atoms with Crippen LogP contribution in [-0.2, 0) is 14.3 Å². The third-order valence-electron chi connectivity index (χ3n) is 3.42. The van der Waals surface area contributed by atoms with Crippen LogP contribution in [0, 0.1) is 0 Å². The lowest BCUT2D eigenvalue weighted by molar-refractivity contribution is -0.147. The van der Waals surface area contributed by atoms with Gasteiger partial charge in [-0.15, -0.1) is 10.2 Å². The molecule has 1 aromatic rings. The molecular formula is C16H20ClN3O5. The fourth-order valence-corrected chi connectivity index (χ4v) is 2.42. The van der Waals surface area contributed by atoms with E-state index < -0.39 is 36.1 Å². The van der Waals surface area contributed by atoms with Crippen LogP contribution in [0.1, 0.15) is 44.1 Å². The monoisotopic (exact) mass is 369 g/mol. The number of likely N-dealkylation sites (tertiary alicyclic amines) is 1. The topological polar surface area (TPSA) is 98.7 Å². The molecule has 1 fully saturated rings. The van der Waals surface area contributed by atoms with E-state index in [4.69, 9.17) is 21.1 Å². The highest BCUT2D eigenvalue weighted by Gasteiger charge is 2.37. The molecular weight excluding hydrogens is 350 g/mol. The summed E-state index contributed by atoms with van der Waals surface area (Å²) in [5.41, 5.74) is -0.607. The number of aromatic nitrogens is 2. The Labute approximate surface area is 150 Å². The van der Waals surface area contributed by atoms with Gasteiger partial charge in [-0.2, -0.15) is 0 Å². The second-order valence-electron chi connectivity index (χ2n) is 6.60. The van der Waals surface area contributed by atoms with Crippen LogP contribution in [0.2, 0.25) is 5.15 Å². The SMILES string of the molecule is CC(C)(C)OC(=O)N1CCC[C@H]1C(=O)OCC(=O)c1ccc(Cl)nn1. The van der Waals surface area contributed by atoms with Gasteiger partial charge in [0.15, 0.2) is 11.8 Å². The fraction of sp³-hybridized carbons (Fsp3) is 0.562. The summed E-state index contributed by atoms with van der Waals surface area (Å²) in [6.07, 6.45) is 0.560. The van der Waals surface area contributed by atoms with Gasteiger partial charge >= 0.3 is 12.1 Å². The zero-order chi connectivity index (χ0) is 18.6. The maximum Gasteiger partial charge on any atom is 0.411 e. The largest absolute Gasteiger partial charge is 0.456 e. The first kappa shape index (κ1) is 19.1. The Hall–Kier alpha value is -2.22. The number of amides is 1. The van der Waals surface area contributed by atoms with Gasteiger partial charge in [0.25, 0.3) is 0 Å². The Bertz CT molecular complexity index is 657. The number of rotatable bonds is 4. The molecule has 0 aromatic carbocycles. The Morgan fingerprint density at radius 1 is 1.28 bits per heavy atom. The number of carbonyl (C=O) groups excluding carboxylic acids is 3. The Kier molecular flexibility index (Phi) is 5.94. The first-order valence-electron chi connectivity index (χ1n) is 7.86. The molecule has 0 bridgehead atoms. The van der Waals surface area contributed by atoms with E-state index in [9.17, 15) is 14.4 Å². The van der Waals surface area contributed by atoms with Gasteiger partial charge in [0.1, 0.15) is 17.3 Å². The summed E-state index contributed by atoms with van der Waals surface area (Å²) in [6.45, 7) is 5.18. The lowest BCUT2D eigenvalue weighted by atomic mass is 10.2. The minimum absolute atomic E-state index is 0.0487. The molecule has 0 radical (unpaired) electrons. The van der Waals surface area contributed by atoms with E-state index in [0.29, 0.717) is 19.4 Å². The molecule has 1 atom stereocenters. The number of ether oxygens (including phenoxy) is 2. The summed E-state index contributed by atoms with van der Waals surface area (Å²) in [5, 5.41) is 7.35. The minimum Gasteiger partial charge on any atom is -0.456 e. The third-order valence-corrected chi connectivity index (χ3v) is 3.62. The highest BCUT2D eigenvalue weighted by atomic mass is 35.5. The van der Waals surface area contributed by atoms with E-state index in [1.807, 2.05) is 0 Å². The summed E-state index contributed by atoms with van der Waals surface area (Å²) < 4.78 is 10.3. The predicted molar refractivity (Wildman–Crippen MR) is 88.3 cm³/mol. The first-order chi connectivity index (χ1) is 11.7. The van der Waals surface area contributed by atoms with Crippen LogP contribution in [0.3, 0.4) is 0 Å². The number of hydrogen-bond donors (Lipinski definition) is 0. The molecule has 2 rings (SSSR count). The van der Waals surface area contributed by atoms with Crippen molar-refractivity contribution in [2.45, 2.75) is 45.3 Å². The lowest BCUT2D eigenvalue weighted by Crippen LogP contribution is -2.44.